The molecule has 0 radical (unpaired) electrons. The lowest BCUT2D eigenvalue weighted by Gasteiger charge is -2.22. The number of ether oxygens (including phenoxy) is 2. The molecule has 0 atom stereocenters. The molecule has 1 aliphatic carbocycles. The number of anilines is 1. The molecule has 3 aromatic carbocycles. The molecule has 42 heavy (non-hydrogen) atoms. The fourth-order valence-corrected chi connectivity index (χ4v) is 6.10. The number of benzene rings is 3. The van der Waals surface area contributed by atoms with E-state index < -0.39 is 5.91 Å². The van der Waals surface area contributed by atoms with E-state index in [1.807, 2.05) is 25.1 Å². The fraction of sp³-hybridized carbons (Fsp3) is 0.290. The minimum absolute atomic E-state index is 0.160. The molecule has 1 aliphatic rings. The van der Waals surface area contributed by atoms with Crippen LogP contribution >= 0.6 is 38.5 Å². The van der Waals surface area contributed by atoms with Crippen molar-refractivity contribution >= 4 is 67.2 Å². The van der Waals surface area contributed by atoms with E-state index >= 15 is 0 Å². The van der Waals surface area contributed by atoms with Gasteiger partial charge in [-0.15, -0.1) is 0 Å². The van der Waals surface area contributed by atoms with E-state index in [1.165, 1.54) is 35.4 Å². The van der Waals surface area contributed by atoms with Gasteiger partial charge in [-0.2, -0.15) is 9.78 Å². The minimum atomic E-state index is -0.393. The molecule has 5 rings (SSSR count). The molecule has 1 N–H and O–H groups in total. The van der Waals surface area contributed by atoms with Crippen LogP contribution in [0.15, 0.2) is 69.0 Å². The Bertz CT molecular complexity index is 1690. The molecular weight excluding hydrogens is 718 g/mol. The van der Waals surface area contributed by atoms with Gasteiger partial charge in [-0.05, 0) is 103 Å². The minimum Gasteiger partial charge on any atom is -0.490 e. The van der Waals surface area contributed by atoms with Crippen molar-refractivity contribution in [2.24, 2.45) is 5.10 Å². The Morgan fingerprint density at radius 3 is 2.64 bits per heavy atom. The van der Waals surface area contributed by atoms with Gasteiger partial charge in [-0.3, -0.25) is 9.59 Å². The average Bonchev–Trinajstić information content (AvgIpc) is 2.98. The van der Waals surface area contributed by atoms with Gasteiger partial charge in [0.2, 0.25) is 0 Å². The van der Waals surface area contributed by atoms with Gasteiger partial charge < -0.3 is 14.8 Å². The lowest BCUT2D eigenvalue weighted by atomic mass is 9.88. The van der Waals surface area contributed by atoms with Gasteiger partial charge in [-0.25, -0.2) is 9.37 Å². The molecule has 0 aliphatic heterocycles. The second-order valence-corrected chi connectivity index (χ2v) is 12.0. The molecule has 1 heterocycles. The normalized spacial score (nSPS) is 13.9. The summed E-state index contributed by atoms with van der Waals surface area (Å²) < 4.78 is 27.8. The first-order valence-corrected chi connectivity index (χ1v) is 15.6. The van der Waals surface area contributed by atoms with E-state index in [4.69, 9.17) is 14.5 Å². The van der Waals surface area contributed by atoms with E-state index in [1.54, 1.807) is 18.3 Å². The molecule has 0 saturated heterocycles. The zero-order chi connectivity index (χ0) is 29.6. The maximum atomic E-state index is 13.6. The number of halogens is 3. The number of carbonyl (C=O) groups excluding carboxylic acids is 1. The van der Waals surface area contributed by atoms with Gasteiger partial charge in [0, 0.05) is 16.1 Å². The summed E-state index contributed by atoms with van der Waals surface area (Å²) in [7, 11) is 0. The Morgan fingerprint density at radius 2 is 1.90 bits per heavy atom. The molecule has 1 saturated carbocycles. The summed E-state index contributed by atoms with van der Waals surface area (Å²) >= 11 is 5.58. The molecule has 1 fully saturated rings. The highest BCUT2D eigenvalue weighted by Gasteiger charge is 2.23. The maximum absolute atomic E-state index is 13.6. The van der Waals surface area contributed by atoms with Crippen molar-refractivity contribution in [1.82, 2.24) is 9.66 Å². The summed E-state index contributed by atoms with van der Waals surface area (Å²) in [4.78, 5) is 31.0. The predicted molar refractivity (Wildman–Crippen MR) is 173 cm³/mol. The lowest BCUT2D eigenvalue weighted by Crippen LogP contribution is -2.25. The average molecular weight is 747 g/mol. The highest BCUT2D eigenvalue weighted by molar-refractivity contribution is 14.1. The van der Waals surface area contributed by atoms with Gasteiger partial charge in [0.25, 0.3) is 11.5 Å². The quantitative estimate of drug-likeness (QED) is 0.144. The van der Waals surface area contributed by atoms with E-state index in [-0.39, 0.29) is 23.9 Å². The van der Waals surface area contributed by atoms with Crippen LogP contribution in [0.4, 0.5) is 10.1 Å². The van der Waals surface area contributed by atoms with Crippen molar-refractivity contribution in [2.75, 3.05) is 18.5 Å². The molecule has 11 heteroatoms. The van der Waals surface area contributed by atoms with Crippen molar-refractivity contribution in [2.45, 2.75) is 44.9 Å². The number of fused-ring (bicyclic) bond motifs is 1. The third-order valence-corrected chi connectivity index (χ3v) is 8.23. The maximum Gasteiger partial charge on any atom is 0.282 e. The molecule has 1 amide bonds. The molecule has 1 aromatic heterocycles. The summed E-state index contributed by atoms with van der Waals surface area (Å²) in [5.74, 6) is 0.923. The number of amides is 1. The molecule has 8 nitrogen and oxygen atoms in total. The summed E-state index contributed by atoms with van der Waals surface area (Å²) in [6.45, 7) is 1.97. The highest BCUT2D eigenvalue weighted by Crippen LogP contribution is 2.35. The SMILES string of the molecule is CCOc1cc(C=Nn2c(C3CCCCC3)nc3ccc(Br)cc3c2=O)cc(I)c1OCC(=O)Nc1ccc(F)cc1. The number of carbonyl (C=O) groups is 1. The summed E-state index contributed by atoms with van der Waals surface area (Å²) in [5.41, 5.74) is 1.61. The Morgan fingerprint density at radius 1 is 1.14 bits per heavy atom. The second-order valence-electron chi connectivity index (χ2n) is 9.93. The fourth-order valence-electron chi connectivity index (χ4n) is 4.96. The predicted octanol–water partition coefficient (Wildman–Crippen LogP) is 7.25. The van der Waals surface area contributed by atoms with E-state index in [9.17, 15) is 14.0 Å². The van der Waals surface area contributed by atoms with Crippen LogP contribution in [-0.4, -0.2) is 35.0 Å². The Balaban J connectivity index is 1.43. The Hall–Kier alpha value is -3.32. The smallest absolute Gasteiger partial charge is 0.282 e. The lowest BCUT2D eigenvalue weighted by molar-refractivity contribution is -0.118. The topological polar surface area (TPSA) is 94.8 Å². The van der Waals surface area contributed by atoms with Crippen LogP contribution in [0.2, 0.25) is 0 Å². The second kappa shape index (κ2) is 13.8. The Labute approximate surface area is 264 Å². The number of nitrogens with zero attached hydrogens (tertiary/aromatic N) is 3. The molecule has 0 spiro atoms. The monoisotopic (exact) mass is 746 g/mol. The van der Waals surface area contributed by atoms with Crippen LogP contribution < -0.4 is 20.3 Å². The van der Waals surface area contributed by atoms with Gasteiger partial charge in [-0.1, -0.05) is 35.2 Å². The number of hydrogen-bond acceptors (Lipinski definition) is 6. The molecule has 218 valence electrons. The molecule has 0 bridgehead atoms. The zero-order valence-electron chi connectivity index (χ0n) is 22.9. The van der Waals surface area contributed by atoms with E-state index in [0.717, 1.165) is 30.2 Å². The van der Waals surface area contributed by atoms with Crippen molar-refractivity contribution in [3.8, 4) is 11.5 Å². The van der Waals surface area contributed by atoms with Crippen molar-refractivity contribution in [3.05, 3.63) is 90.2 Å². The van der Waals surface area contributed by atoms with Crippen molar-refractivity contribution in [1.29, 1.82) is 0 Å². The standard InChI is InChI=1S/C31H29BrFIN4O4/c1-2-41-27-15-19(14-25(34)29(27)42-18-28(39)36-23-11-9-22(33)10-12-23)17-35-38-30(20-6-4-3-5-7-20)37-26-13-8-21(32)16-24(26)31(38)40/h8-17,20H,2-7,18H2,1H3,(H,36,39). The third-order valence-electron chi connectivity index (χ3n) is 6.93. The zero-order valence-corrected chi connectivity index (χ0v) is 26.7. The number of nitrogens with one attached hydrogen (secondary N) is 1. The van der Waals surface area contributed by atoms with Crippen LogP contribution in [0.1, 0.15) is 56.3 Å². The summed E-state index contributed by atoms with van der Waals surface area (Å²) in [6.07, 6.45) is 6.94. The van der Waals surface area contributed by atoms with Crippen LogP contribution in [0.25, 0.3) is 10.9 Å². The van der Waals surface area contributed by atoms with Crippen LogP contribution in [-0.2, 0) is 4.79 Å². The van der Waals surface area contributed by atoms with Gasteiger partial charge in [0.1, 0.15) is 11.6 Å². The molecule has 0 unspecified atom stereocenters. The first-order chi connectivity index (χ1) is 20.3. The van der Waals surface area contributed by atoms with Crippen molar-refractivity contribution in [3.63, 3.8) is 0 Å². The third kappa shape index (κ3) is 7.17. The number of aromatic nitrogens is 2. The number of hydrogen-bond donors (Lipinski definition) is 1. The van der Waals surface area contributed by atoms with Crippen molar-refractivity contribution < 1.29 is 18.7 Å². The molecule has 4 aromatic rings. The van der Waals surface area contributed by atoms with Crippen LogP contribution in [0.5, 0.6) is 11.5 Å². The van der Waals surface area contributed by atoms with Gasteiger partial charge >= 0.3 is 0 Å². The first kappa shape index (κ1) is 30.1. The molecular formula is C31H29BrFIN4O4. The highest BCUT2D eigenvalue weighted by atomic mass is 127. The summed E-state index contributed by atoms with van der Waals surface area (Å²) in [6, 6.07) is 14.6. The van der Waals surface area contributed by atoms with E-state index in [0.29, 0.717) is 49.7 Å². The summed E-state index contributed by atoms with van der Waals surface area (Å²) in [5, 5.41) is 7.81. The van der Waals surface area contributed by atoms with Gasteiger partial charge in [0.05, 0.1) is 27.3 Å². The first-order valence-electron chi connectivity index (χ1n) is 13.7. The Kier molecular flexibility index (Phi) is 9.88. The number of rotatable bonds is 9. The van der Waals surface area contributed by atoms with E-state index in [2.05, 4.69) is 48.9 Å². The van der Waals surface area contributed by atoms with Crippen LogP contribution in [0.3, 0.4) is 0 Å². The largest absolute Gasteiger partial charge is 0.490 e. The van der Waals surface area contributed by atoms with Crippen LogP contribution in [0, 0.1) is 9.39 Å². The van der Waals surface area contributed by atoms with Gasteiger partial charge in [0.15, 0.2) is 18.1 Å².